The third-order valence-corrected chi connectivity index (χ3v) is 2.81. The summed E-state index contributed by atoms with van der Waals surface area (Å²) in [6.07, 6.45) is 6.56. The molecule has 2 rings (SSSR count). The molecule has 1 saturated heterocycles. The van der Waals surface area contributed by atoms with E-state index in [0.717, 1.165) is 32.4 Å². The number of pyridine rings is 1. The maximum Gasteiger partial charge on any atom is 0.237 e. The van der Waals surface area contributed by atoms with E-state index < -0.39 is 0 Å². The van der Waals surface area contributed by atoms with Crippen molar-refractivity contribution in [1.29, 1.82) is 0 Å². The molecule has 4 nitrogen and oxygen atoms in total. The standard InChI is InChI=1S/C12H17N3O/c16-12-11(4-2-7-15-12)14-8-5-10-3-1-6-13-9-10/h1,3,6,9,11,14H,2,4-5,7-8H2,(H,15,16). The fourth-order valence-corrected chi connectivity index (χ4v) is 1.90. The first-order valence-electron chi connectivity index (χ1n) is 5.76. The summed E-state index contributed by atoms with van der Waals surface area (Å²) in [5.41, 5.74) is 1.20. The minimum atomic E-state index is -0.00887. The van der Waals surface area contributed by atoms with Crippen LogP contribution in [0.5, 0.6) is 0 Å². The van der Waals surface area contributed by atoms with Crippen LogP contribution < -0.4 is 10.6 Å². The minimum absolute atomic E-state index is 0.00887. The maximum atomic E-state index is 11.5. The van der Waals surface area contributed by atoms with Crippen LogP contribution in [-0.2, 0) is 11.2 Å². The molecule has 4 heteroatoms. The molecule has 0 bridgehead atoms. The molecule has 1 aliphatic rings. The van der Waals surface area contributed by atoms with Crippen molar-refractivity contribution in [2.24, 2.45) is 0 Å². The second-order valence-corrected chi connectivity index (χ2v) is 4.05. The summed E-state index contributed by atoms with van der Waals surface area (Å²) >= 11 is 0. The van der Waals surface area contributed by atoms with Crippen molar-refractivity contribution in [1.82, 2.24) is 15.6 Å². The predicted molar refractivity (Wildman–Crippen MR) is 62.0 cm³/mol. The third kappa shape index (κ3) is 3.03. The average Bonchev–Trinajstić information content (AvgIpc) is 2.33. The zero-order valence-corrected chi connectivity index (χ0v) is 9.28. The molecule has 1 fully saturated rings. The van der Waals surface area contributed by atoms with Gasteiger partial charge in [0.1, 0.15) is 0 Å². The van der Waals surface area contributed by atoms with Crippen LogP contribution in [0.4, 0.5) is 0 Å². The molecule has 0 aliphatic carbocycles. The van der Waals surface area contributed by atoms with Crippen molar-refractivity contribution in [3.05, 3.63) is 30.1 Å². The Bertz CT molecular complexity index is 339. The summed E-state index contributed by atoms with van der Waals surface area (Å²) in [4.78, 5) is 15.5. The molecule has 1 unspecified atom stereocenters. The molecule has 2 N–H and O–H groups in total. The van der Waals surface area contributed by atoms with E-state index in [0.29, 0.717) is 0 Å². The summed E-state index contributed by atoms with van der Waals surface area (Å²) in [5.74, 6) is 0.137. The number of carbonyl (C=O) groups excluding carboxylic acids is 1. The molecule has 1 amide bonds. The van der Waals surface area contributed by atoms with Gasteiger partial charge in [0.15, 0.2) is 0 Å². The Kier molecular flexibility index (Phi) is 3.88. The number of amides is 1. The van der Waals surface area contributed by atoms with Crippen LogP contribution in [0.3, 0.4) is 0 Å². The Morgan fingerprint density at radius 2 is 2.50 bits per heavy atom. The van der Waals surface area contributed by atoms with Gasteiger partial charge in [0.2, 0.25) is 5.91 Å². The van der Waals surface area contributed by atoms with Crippen LogP contribution in [0.25, 0.3) is 0 Å². The van der Waals surface area contributed by atoms with Gasteiger partial charge in [-0.05, 0) is 37.4 Å². The van der Waals surface area contributed by atoms with Crippen molar-refractivity contribution in [2.45, 2.75) is 25.3 Å². The maximum absolute atomic E-state index is 11.5. The summed E-state index contributed by atoms with van der Waals surface area (Å²) < 4.78 is 0. The third-order valence-electron chi connectivity index (χ3n) is 2.81. The van der Waals surface area contributed by atoms with Gasteiger partial charge in [0.25, 0.3) is 0 Å². The quantitative estimate of drug-likeness (QED) is 0.775. The SMILES string of the molecule is O=C1NCCCC1NCCc1cccnc1. The van der Waals surface area contributed by atoms with Gasteiger partial charge in [-0.2, -0.15) is 0 Å². The second-order valence-electron chi connectivity index (χ2n) is 4.05. The van der Waals surface area contributed by atoms with E-state index in [4.69, 9.17) is 0 Å². The lowest BCUT2D eigenvalue weighted by molar-refractivity contribution is -0.124. The Balaban J connectivity index is 1.73. The van der Waals surface area contributed by atoms with Crippen LogP contribution in [-0.4, -0.2) is 30.0 Å². The highest BCUT2D eigenvalue weighted by molar-refractivity contribution is 5.82. The normalized spacial score (nSPS) is 20.5. The molecule has 86 valence electrons. The number of hydrogen-bond donors (Lipinski definition) is 2. The van der Waals surface area contributed by atoms with Crippen molar-refractivity contribution < 1.29 is 4.79 Å². The van der Waals surface area contributed by atoms with Crippen LogP contribution >= 0.6 is 0 Å². The van der Waals surface area contributed by atoms with E-state index in [9.17, 15) is 4.79 Å². The molecule has 1 aromatic rings. The van der Waals surface area contributed by atoms with Crippen molar-refractivity contribution in [2.75, 3.05) is 13.1 Å². The second kappa shape index (κ2) is 5.61. The topological polar surface area (TPSA) is 54.0 Å². The van der Waals surface area contributed by atoms with Crippen LogP contribution in [0.15, 0.2) is 24.5 Å². The van der Waals surface area contributed by atoms with Gasteiger partial charge >= 0.3 is 0 Å². The number of rotatable bonds is 4. The predicted octanol–water partition coefficient (Wildman–Crippen LogP) is 0.492. The highest BCUT2D eigenvalue weighted by Gasteiger charge is 2.20. The average molecular weight is 219 g/mol. The van der Waals surface area contributed by atoms with Gasteiger partial charge in [-0.3, -0.25) is 9.78 Å². The number of nitrogens with one attached hydrogen (secondary N) is 2. The van der Waals surface area contributed by atoms with Gasteiger partial charge in [-0.25, -0.2) is 0 Å². The summed E-state index contributed by atoms with van der Waals surface area (Å²) in [6, 6.07) is 3.98. The lowest BCUT2D eigenvalue weighted by atomic mass is 10.1. The first-order valence-corrected chi connectivity index (χ1v) is 5.76. The van der Waals surface area contributed by atoms with Gasteiger partial charge in [-0.1, -0.05) is 6.07 Å². The monoisotopic (exact) mass is 219 g/mol. The molecule has 1 aliphatic heterocycles. The van der Waals surface area contributed by atoms with Crippen molar-refractivity contribution >= 4 is 5.91 Å². The van der Waals surface area contributed by atoms with Crippen molar-refractivity contribution in [3.63, 3.8) is 0 Å². The Morgan fingerprint density at radius 3 is 3.25 bits per heavy atom. The van der Waals surface area contributed by atoms with Crippen LogP contribution in [0.1, 0.15) is 18.4 Å². The Hall–Kier alpha value is -1.42. The van der Waals surface area contributed by atoms with E-state index in [2.05, 4.69) is 21.7 Å². The number of aromatic nitrogens is 1. The van der Waals surface area contributed by atoms with E-state index >= 15 is 0 Å². The molecular weight excluding hydrogens is 202 g/mol. The lowest BCUT2D eigenvalue weighted by Gasteiger charge is -2.22. The Labute approximate surface area is 95.5 Å². The molecular formula is C12H17N3O. The van der Waals surface area contributed by atoms with Gasteiger partial charge < -0.3 is 10.6 Å². The van der Waals surface area contributed by atoms with E-state index in [-0.39, 0.29) is 11.9 Å². The molecule has 0 spiro atoms. The van der Waals surface area contributed by atoms with E-state index in [1.807, 2.05) is 12.3 Å². The number of piperidine rings is 1. The first-order chi connectivity index (χ1) is 7.86. The number of carbonyl (C=O) groups is 1. The lowest BCUT2D eigenvalue weighted by Crippen LogP contribution is -2.48. The van der Waals surface area contributed by atoms with E-state index in [1.165, 1.54) is 5.56 Å². The number of nitrogens with zero attached hydrogens (tertiary/aromatic N) is 1. The first kappa shape index (κ1) is 11.1. The molecule has 0 radical (unpaired) electrons. The fraction of sp³-hybridized carbons (Fsp3) is 0.500. The molecule has 0 aromatic carbocycles. The minimum Gasteiger partial charge on any atom is -0.355 e. The summed E-state index contributed by atoms with van der Waals surface area (Å²) in [6.45, 7) is 1.64. The largest absolute Gasteiger partial charge is 0.355 e. The molecule has 16 heavy (non-hydrogen) atoms. The smallest absolute Gasteiger partial charge is 0.237 e. The zero-order chi connectivity index (χ0) is 11.2. The highest BCUT2D eigenvalue weighted by Crippen LogP contribution is 2.03. The van der Waals surface area contributed by atoms with Gasteiger partial charge in [-0.15, -0.1) is 0 Å². The highest BCUT2D eigenvalue weighted by atomic mass is 16.2. The van der Waals surface area contributed by atoms with Gasteiger partial charge in [0, 0.05) is 18.9 Å². The van der Waals surface area contributed by atoms with Crippen LogP contribution in [0.2, 0.25) is 0 Å². The molecule has 2 heterocycles. The molecule has 1 aromatic heterocycles. The number of hydrogen-bond acceptors (Lipinski definition) is 3. The zero-order valence-electron chi connectivity index (χ0n) is 9.28. The van der Waals surface area contributed by atoms with Crippen molar-refractivity contribution in [3.8, 4) is 0 Å². The summed E-state index contributed by atoms with van der Waals surface area (Å²) in [7, 11) is 0. The fourth-order valence-electron chi connectivity index (χ4n) is 1.90. The molecule has 0 saturated carbocycles. The molecule has 1 atom stereocenters. The Morgan fingerprint density at radius 1 is 1.56 bits per heavy atom. The van der Waals surface area contributed by atoms with Crippen LogP contribution in [0, 0.1) is 0 Å². The van der Waals surface area contributed by atoms with Gasteiger partial charge in [0.05, 0.1) is 6.04 Å². The summed E-state index contributed by atoms with van der Waals surface area (Å²) in [5, 5.41) is 6.15. The van der Waals surface area contributed by atoms with E-state index in [1.54, 1.807) is 6.20 Å².